The molecule has 1 aromatic carbocycles. The standard InChI is InChI=1S/C13H16FNO5S/c1-19-12(16)6-15-13(9-7-20-8-9)21(17,18)11-4-2-10(14)3-5-11/h2-5,9,13,15H,6-8H2,1H3. The van der Waals surface area contributed by atoms with Crippen LogP contribution in [0.25, 0.3) is 0 Å². The minimum absolute atomic E-state index is 0.00170. The number of nitrogens with one attached hydrogen (secondary N) is 1. The van der Waals surface area contributed by atoms with Gasteiger partial charge in [-0.25, -0.2) is 12.8 Å². The molecule has 1 atom stereocenters. The van der Waals surface area contributed by atoms with Crippen molar-refractivity contribution in [2.45, 2.75) is 10.3 Å². The normalized spacial score (nSPS) is 17.0. The van der Waals surface area contributed by atoms with Crippen LogP contribution in [0.5, 0.6) is 0 Å². The molecule has 1 N–H and O–H groups in total. The van der Waals surface area contributed by atoms with Crippen molar-refractivity contribution >= 4 is 15.8 Å². The van der Waals surface area contributed by atoms with Crippen LogP contribution in [-0.4, -0.2) is 46.6 Å². The predicted octanol–water partition coefficient (Wildman–Crippen LogP) is 0.334. The number of benzene rings is 1. The molecule has 0 aromatic heterocycles. The second kappa shape index (κ2) is 6.50. The van der Waals surface area contributed by atoms with Gasteiger partial charge in [-0.15, -0.1) is 0 Å². The van der Waals surface area contributed by atoms with Crippen LogP contribution in [0.4, 0.5) is 4.39 Å². The summed E-state index contributed by atoms with van der Waals surface area (Å²) in [5.41, 5.74) is 0. The van der Waals surface area contributed by atoms with Gasteiger partial charge >= 0.3 is 5.97 Å². The number of halogens is 1. The first-order valence-corrected chi connectivity index (χ1v) is 7.87. The Kier molecular flexibility index (Phi) is 4.92. The molecule has 1 aromatic rings. The molecule has 0 saturated carbocycles. The fourth-order valence-electron chi connectivity index (χ4n) is 1.99. The minimum Gasteiger partial charge on any atom is -0.468 e. The number of ether oxygens (including phenoxy) is 2. The third-order valence-corrected chi connectivity index (χ3v) is 5.39. The molecular weight excluding hydrogens is 301 g/mol. The molecule has 0 spiro atoms. The molecule has 1 aliphatic heterocycles. The number of carbonyl (C=O) groups is 1. The highest BCUT2D eigenvalue weighted by Crippen LogP contribution is 2.25. The van der Waals surface area contributed by atoms with Gasteiger partial charge in [0, 0.05) is 5.92 Å². The third-order valence-electron chi connectivity index (χ3n) is 3.24. The lowest BCUT2D eigenvalue weighted by molar-refractivity contribution is -0.139. The van der Waals surface area contributed by atoms with E-state index in [-0.39, 0.29) is 17.4 Å². The van der Waals surface area contributed by atoms with E-state index in [1.807, 2.05) is 0 Å². The van der Waals surface area contributed by atoms with E-state index in [0.29, 0.717) is 13.2 Å². The fraction of sp³-hybridized carbons (Fsp3) is 0.462. The van der Waals surface area contributed by atoms with E-state index in [9.17, 15) is 17.6 Å². The minimum atomic E-state index is -3.75. The van der Waals surface area contributed by atoms with Crippen LogP contribution in [0.3, 0.4) is 0 Å². The molecule has 1 aliphatic rings. The molecule has 0 aliphatic carbocycles. The average molecular weight is 317 g/mol. The summed E-state index contributed by atoms with van der Waals surface area (Å²) in [6.07, 6.45) is 0. The summed E-state index contributed by atoms with van der Waals surface area (Å²) in [6.45, 7) is 0.358. The Balaban J connectivity index is 2.21. The first-order chi connectivity index (χ1) is 9.95. The maximum Gasteiger partial charge on any atom is 0.319 e. The zero-order valence-corrected chi connectivity index (χ0v) is 12.2. The summed E-state index contributed by atoms with van der Waals surface area (Å²) in [5, 5.41) is 1.71. The second-order valence-corrected chi connectivity index (χ2v) is 6.74. The van der Waals surface area contributed by atoms with Crippen LogP contribution in [0.15, 0.2) is 29.2 Å². The van der Waals surface area contributed by atoms with E-state index < -0.39 is 27.0 Å². The highest BCUT2D eigenvalue weighted by molar-refractivity contribution is 7.92. The van der Waals surface area contributed by atoms with Crippen LogP contribution in [0.2, 0.25) is 0 Å². The Morgan fingerprint density at radius 1 is 1.43 bits per heavy atom. The molecule has 1 heterocycles. The second-order valence-electron chi connectivity index (χ2n) is 4.67. The number of hydrogen-bond donors (Lipinski definition) is 1. The van der Waals surface area contributed by atoms with Crippen molar-refractivity contribution in [3.63, 3.8) is 0 Å². The summed E-state index contributed by atoms with van der Waals surface area (Å²) < 4.78 is 47.6. The molecule has 1 unspecified atom stereocenters. The molecule has 0 amide bonds. The van der Waals surface area contributed by atoms with Crippen molar-refractivity contribution in [2.75, 3.05) is 26.9 Å². The van der Waals surface area contributed by atoms with E-state index in [4.69, 9.17) is 4.74 Å². The monoisotopic (exact) mass is 317 g/mol. The molecular formula is C13H16FNO5S. The van der Waals surface area contributed by atoms with Crippen molar-refractivity contribution in [3.05, 3.63) is 30.1 Å². The van der Waals surface area contributed by atoms with Gasteiger partial charge in [0.15, 0.2) is 9.84 Å². The van der Waals surface area contributed by atoms with Crippen LogP contribution in [0, 0.1) is 11.7 Å². The van der Waals surface area contributed by atoms with Gasteiger partial charge in [0.25, 0.3) is 0 Å². The van der Waals surface area contributed by atoms with Gasteiger partial charge in [-0.05, 0) is 24.3 Å². The molecule has 8 heteroatoms. The third kappa shape index (κ3) is 3.58. The van der Waals surface area contributed by atoms with Gasteiger partial charge in [0.2, 0.25) is 0 Å². The maximum absolute atomic E-state index is 12.9. The van der Waals surface area contributed by atoms with Crippen LogP contribution in [-0.2, 0) is 24.1 Å². The number of carbonyl (C=O) groups excluding carboxylic acids is 1. The Morgan fingerprint density at radius 2 is 2.05 bits per heavy atom. The van der Waals surface area contributed by atoms with E-state index in [1.165, 1.54) is 19.2 Å². The largest absolute Gasteiger partial charge is 0.468 e. The van der Waals surface area contributed by atoms with Crippen LogP contribution < -0.4 is 5.32 Å². The number of sulfone groups is 1. The topological polar surface area (TPSA) is 81.7 Å². The number of methoxy groups -OCH3 is 1. The van der Waals surface area contributed by atoms with E-state index in [2.05, 4.69) is 10.1 Å². The number of esters is 1. The quantitative estimate of drug-likeness (QED) is 0.602. The van der Waals surface area contributed by atoms with E-state index >= 15 is 0 Å². The maximum atomic E-state index is 12.9. The Morgan fingerprint density at radius 3 is 2.52 bits per heavy atom. The first kappa shape index (κ1) is 15.9. The van der Waals surface area contributed by atoms with Gasteiger partial charge in [-0.2, -0.15) is 0 Å². The lowest BCUT2D eigenvalue weighted by Crippen LogP contribution is -2.51. The summed E-state index contributed by atoms with van der Waals surface area (Å²) in [5.74, 6) is -1.33. The Labute approximate surface area is 122 Å². The smallest absolute Gasteiger partial charge is 0.319 e. The fourth-order valence-corrected chi connectivity index (χ4v) is 3.76. The highest BCUT2D eigenvalue weighted by atomic mass is 32.2. The van der Waals surface area contributed by atoms with Crippen LogP contribution >= 0.6 is 0 Å². The van der Waals surface area contributed by atoms with Crippen molar-refractivity contribution < 1.29 is 27.1 Å². The SMILES string of the molecule is COC(=O)CNC(C1COC1)S(=O)(=O)c1ccc(F)cc1. The number of hydrogen-bond acceptors (Lipinski definition) is 6. The summed E-state index contributed by atoms with van der Waals surface area (Å²) in [4.78, 5) is 11.2. The summed E-state index contributed by atoms with van der Waals surface area (Å²) in [6, 6.07) is 4.58. The van der Waals surface area contributed by atoms with Crippen molar-refractivity contribution in [3.8, 4) is 0 Å². The predicted molar refractivity (Wildman–Crippen MR) is 71.7 cm³/mol. The lowest BCUT2D eigenvalue weighted by atomic mass is 10.1. The molecule has 0 radical (unpaired) electrons. The van der Waals surface area contributed by atoms with Gasteiger partial charge < -0.3 is 9.47 Å². The zero-order chi connectivity index (χ0) is 15.5. The van der Waals surface area contributed by atoms with Crippen LogP contribution in [0.1, 0.15) is 0 Å². The van der Waals surface area contributed by atoms with Gasteiger partial charge in [0.1, 0.15) is 11.2 Å². The molecule has 0 bridgehead atoms. The lowest BCUT2D eigenvalue weighted by Gasteiger charge is -2.33. The summed E-state index contributed by atoms with van der Waals surface area (Å²) in [7, 11) is -2.53. The molecule has 21 heavy (non-hydrogen) atoms. The average Bonchev–Trinajstić information content (AvgIpc) is 2.41. The molecule has 6 nitrogen and oxygen atoms in total. The van der Waals surface area contributed by atoms with Gasteiger partial charge in [-0.3, -0.25) is 10.1 Å². The van der Waals surface area contributed by atoms with E-state index in [1.54, 1.807) is 0 Å². The van der Waals surface area contributed by atoms with Crippen molar-refractivity contribution in [1.82, 2.24) is 5.32 Å². The van der Waals surface area contributed by atoms with Gasteiger partial charge in [0.05, 0.1) is 31.8 Å². The van der Waals surface area contributed by atoms with Crippen molar-refractivity contribution in [2.24, 2.45) is 5.92 Å². The molecule has 1 fully saturated rings. The Bertz CT molecular complexity index is 597. The van der Waals surface area contributed by atoms with Gasteiger partial charge in [-0.1, -0.05) is 0 Å². The molecule has 116 valence electrons. The number of rotatable bonds is 6. The Hall–Kier alpha value is -1.51. The first-order valence-electron chi connectivity index (χ1n) is 6.32. The molecule has 1 saturated heterocycles. The summed E-state index contributed by atoms with van der Waals surface area (Å²) >= 11 is 0. The van der Waals surface area contributed by atoms with Crippen molar-refractivity contribution in [1.29, 1.82) is 0 Å². The molecule has 2 rings (SSSR count). The van der Waals surface area contributed by atoms with E-state index in [0.717, 1.165) is 12.1 Å². The highest BCUT2D eigenvalue weighted by Gasteiger charge is 2.38. The zero-order valence-electron chi connectivity index (χ0n) is 11.4.